The molecular formula is C6H14BrNO2S. The van der Waals surface area contributed by atoms with Gasteiger partial charge in [0.1, 0.15) is 12.3 Å². The molecule has 1 N–H and O–H groups in total. The van der Waals surface area contributed by atoms with Crippen LogP contribution in [0.15, 0.2) is 0 Å². The molecule has 5 heteroatoms. The van der Waals surface area contributed by atoms with Crippen LogP contribution in [0.3, 0.4) is 0 Å². The number of aliphatic hydroxyl groups excluding tert-OH is 1. The molecule has 0 spiro atoms. The average molecular weight is 244 g/mol. The summed E-state index contributed by atoms with van der Waals surface area (Å²) in [7, 11) is 3.52. The van der Waals surface area contributed by atoms with E-state index in [4.69, 9.17) is 5.11 Å². The van der Waals surface area contributed by atoms with Gasteiger partial charge in [0.15, 0.2) is 0 Å². The van der Waals surface area contributed by atoms with E-state index in [-0.39, 0.29) is 39.7 Å². The van der Waals surface area contributed by atoms with Gasteiger partial charge in [-0.1, -0.05) is 0 Å². The fourth-order valence-electron chi connectivity index (χ4n) is 0.566. The molecule has 68 valence electrons. The van der Waals surface area contributed by atoms with Crippen LogP contribution >= 0.6 is 12.6 Å². The first kappa shape index (κ1) is 14.0. The molecule has 0 aliphatic heterocycles. The average Bonchev–Trinajstić information content (AvgIpc) is 1.86. The van der Waals surface area contributed by atoms with Gasteiger partial charge in [-0.05, 0) is 0 Å². The highest BCUT2D eigenvalue weighted by Crippen LogP contribution is 1.98. The summed E-state index contributed by atoms with van der Waals surface area (Å²) in [5.74, 6) is 0.255. The molecule has 0 saturated heterocycles. The third-order valence-electron chi connectivity index (χ3n) is 1.47. The maximum absolute atomic E-state index is 11.0. The zero-order valence-electron chi connectivity index (χ0n) is 6.75. The third kappa shape index (κ3) is 4.79. The number of carbonyl (C=O) groups is 1. The molecule has 0 atom stereocenters. The lowest BCUT2D eigenvalue weighted by Crippen LogP contribution is -3.00. The molecule has 0 fully saturated rings. The summed E-state index contributed by atoms with van der Waals surface area (Å²) in [6.45, 7) is 0.492. The molecule has 0 unspecified atom stereocenters. The van der Waals surface area contributed by atoms with Crippen LogP contribution in [0.5, 0.6) is 0 Å². The molecule has 3 nitrogen and oxygen atoms in total. The summed E-state index contributed by atoms with van der Waals surface area (Å²) in [5, 5.41) is 8.55. The maximum atomic E-state index is 11.0. The van der Waals surface area contributed by atoms with Crippen LogP contribution in [0.2, 0.25) is 0 Å². The number of carbonyl (C=O) groups excluding carboxylic acids is 1. The SMILES string of the molecule is C[N+](C)(CCO)C(=O)CS.[Br-]. The number of nitrogens with zero attached hydrogens (tertiary/aromatic N) is 1. The zero-order chi connectivity index (χ0) is 8.20. The van der Waals surface area contributed by atoms with Crippen molar-refractivity contribution in [2.45, 2.75) is 0 Å². The van der Waals surface area contributed by atoms with Crippen molar-refractivity contribution in [1.29, 1.82) is 0 Å². The van der Waals surface area contributed by atoms with Crippen molar-refractivity contribution in [1.82, 2.24) is 0 Å². The van der Waals surface area contributed by atoms with Gasteiger partial charge in [0.05, 0.1) is 20.7 Å². The van der Waals surface area contributed by atoms with Crippen molar-refractivity contribution < 1.29 is 31.4 Å². The molecule has 0 aliphatic carbocycles. The van der Waals surface area contributed by atoms with E-state index in [9.17, 15) is 4.79 Å². The van der Waals surface area contributed by atoms with Crippen molar-refractivity contribution in [2.75, 3.05) is 33.0 Å². The summed E-state index contributed by atoms with van der Waals surface area (Å²) >= 11 is 3.85. The molecule has 0 aromatic heterocycles. The van der Waals surface area contributed by atoms with Gasteiger partial charge in [-0.2, -0.15) is 12.6 Å². The highest BCUT2D eigenvalue weighted by molar-refractivity contribution is 7.81. The summed E-state index contributed by atoms with van der Waals surface area (Å²) in [6.07, 6.45) is 0. The smallest absolute Gasteiger partial charge is 0.323 e. The molecule has 0 aliphatic rings. The number of thiol groups is 1. The van der Waals surface area contributed by atoms with Crippen LogP contribution in [-0.4, -0.2) is 48.5 Å². The Hall–Kier alpha value is 0.420. The number of halogens is 1. The van der Waals surface area contributed by atoms with Gasteiger partial charge < -0.3 is 22.1 Å². The van der Waals surface area contributed by atoms with Gasteiger partial charge in [0.2, 0.25) is 0 Å². The van der Waals surface area contributed by atoms with Gasteiger partial charge in [-0.15, -0.1) is 0 Å². The Labute approximate surface area is 83.2 Å². The fourth-order valence-corrected chi connectivity index (χ4v) is 0.949. The molecular weight excluding hydrogens is 230 g/mol. The molecule has 0 saturated carbocycles. The van der Waals surface area contributed by atoms with Crippen LogP contribution < -0.4 is 17.0 Å². The van der Waals surface area contributed by atoms with Gasteiger partial charge >= 0.3 is 5.91 Å². The number of quaternary nitrogens is 1. The first-order chi connectivity index (χ1) is 4.54. The summed E-state index contributed by atoms with van der Waals surface area (Å²) in [4.78, 5) is 11.0. The van der Waals surface area contributed by atoms with Crippen molar-refractivity contribution in [3.63, 3.8) is 0 Å². The number of likely N-dealkylation sites (N-methyl/N-ethyl adjacent to an activating group) is 1. The maximum Gasteiger partial charge on any atom is 0.323 e. The quantitative estimate of drug-likeness (QED) is 0.399. The van der Waals surface area contributed by atoms with E-state index in [0.29, 0.717) is 6.54 Å². The minimum Gasteiger partial charge on any atom is -1.00 e. The lowest BCUT2D eigenvalue weighted by Gasteiger charge is -2.24. The Morgan fingerprint density at radius 2 is 2.00 bits per heavy atom. The van der Waals surface area contributed by atoms with E-state index < -0.39 is 0 Å². The molecule has 0 aromatic carbocycles. The van der Waals surface area contributed by atoms with E-state index in [1.807, 2.05) is 0 Å². The standard InChI is InChI=1S/C6H13NO2S.BrH/c1-7(2,3-4-8)6(9)5-10;/h8H,3-5H2,1-2H3;1H. The van der Waals surface area contributed by atoms with Gasteiger partial charge in [-0.25, -0.2) is 4.79 Å². The van der Waals surface area contributed by atoms with Gasteiger partial charge in [-0.3, -0.25) is 4.48 Å². The number of aliphatic hydroxyl groups is 1. The second-order valence-electron chi connectivity index (χ2n) is 2.68. The van der Waals surface area contributed by atoms with E-state index in [1.54, 1.807) is 14.1 Å². The highest BCUT2D eigenvalue weighted by atomic mass is 79.9. The van der Waals surface area contributed by atoms with Gasteiger partial charge in [0, 0.05) is 0 Å². The highest BCUT2D eigenvalue weighted by Gasteiger charge is 2.23. The predicted octanol–water partition coefficient (Wildman–Crippen LogP) is -3.48. The molecule has 0 heterocycles. The fraction of sp³-hybridized carbons (Fsp3) is 0.833. The van der Waals surface area contributed by atoms with Crippen molar-refractivity contribution in [3.8, 4) is 0 Å². The van der Waals surface area contributed by atoms with Crippen LogP contribution in [0.4, 0.5) is 0 Å². The Morgan fingerprint density at radius 3 is 2.27 bits per heavy atom. The molecule has 0 rings (SSSR count). The lowest BCUT2D eigenvalue weighted by atomic mass is 10.4. The molecule has 0 aromatic rings. The predicted molar refractivity (Wildman–Crippen MR) is 42.9 cm³/mol. The van der Waals surface area contributed by atoms with Crippen LogP contribution in [0.25, 0.3) is 0 Å². The summed E-state index contributed by atoms with van der Waals surface area (Å²) < 4.78 is 0.208. The molecule has 1 amide bonds. The molecule has 0 bridgehead atoms. The van der Waals surface area contributed by atoms with E-state index in [0.717, 1.165) is 0 Å². The zero-order valence-corrected chi connectivity index (χ0v) is 9.23. The lowest BCUT2D eigenvalue weighted by molar-refractivity contribution is -0.813. The number of hydrogen-bond acceptors (Lipinski definition) is 3. The number of hydrogen-bond donors (Lipinski definition) is 2. The Kier molecular flexibility index (Phi) is 7.61. The van der Waals surface area contributed by atoms with Crippen molar-refractivity contribution in [2.24, 2.45) is 0 Å². The Bertz CT molecular complexity index is 130. The van der Waals surface area contributed by atoms with Gasteiger partial charge in [0.25, 0.3) is 0 Å². The monoisotopic (exact) mass is 243 g/mol. The number of rotatable bonds is 3. The third-order valence-corrected chi connectivity index (χ3v) is 1.74. The van der Waals surface area contributed by atoms with Crippen molar-refractivity contribution >= 4 is 18.5 Å². The Balaban J connectivity index is 0. The minimum absolute atomic E-state index is 0. The molecule has 0 radical (unpaired) electrons. The largest absolute Gasteiger partial charge is 1.00 e. The molecule has 11 heavy (non-hydrogen) atoms. The van der Waals surface area contributed by atoms with Crippen LogP contribution in [0, 0.1) is 0 Å². The van der Waals surface area contributed by atoms with Crippen molar-refractivity contribution in [3.05, 3.63) is 0 Å². The number of amides is 1. The van der Waals surface area contributed by atoms with Crippen LogP contribution in [-0.2, 0) is 4.79 Å². The second kappa shape index (κ2) is 5.99. The van der Waals surface area contributed by atoms with E-state index in [1.165, 1.54) is 0 Å². The first-order valence-electron chi connectivity index (χ1n) is 3.12. The van der Waals surface area contributed by atoms with E-state index >= 15 is 0 Å². The summed E-state index contributed by atoms with van der Waals surface area (Å²) in [5.41, 5.74) is 0. The topological polar surface area (TPSA) is 37.3 Å². The summed E-state index contributed by atoms with van der Waals surface area (Å²) in [6, 6.07) is 0. The van der Waals surface area contributed by atoms with Crippen LogP contribution in [0.1, 0.15) is 0 Å². The normalized spacial score (nSPS) is 10.5. The minimum atomic E-state index is 0. The first-order valence-corrected chi connectivity index (χ1v) is 3.76. The van der Waals surface area contributed by atoms with E-state index in [2.05, 4.69) is 12.6 Å². The second-order valence-corrected chi connectivity index (χ2v) is 3.00. The Morgan fingerprint density at radius 1 is 1.55 bits per heavy atom.